The van der Waals surface area contributed by atoms with Gasteiger partial charge in [-0.3, -0.25) is 14.4 Å². The normalized spacial score (nSPS) is 49.9. The third-order valence-electron chi connectivity index (χ3n) is 11.0. The molecule has 0 bridgehead atoms. The van der Waals surface area contributed by atoms with Crippen LogP contribution < -0.4 is 0 Å². The number of carbonyl (C=O) groups excluding carboxylic acids is 4. The van der Waals surface area contributed by atoms with Gasteiger partial charge in [0.15, 0.2) is 18.0 Å². The minimum absolute atomic E-state index is 0.0434. The number of Topliss-reactive ketones (excluding diaryl/α,β-unsaturated/α-hetero) is 1. The molecule has 7 rings (SSSR count). The molecule has 1 aromatic heterocycles. The molecular weight excluding hydrogens is 496 g/mol. The van der Waals surface area contributed by atoms with Crippen LogP contribution >= 0.6 is 0 Å². The van der Waals surface area contributed by atoms with Crippen LogP contribution in [-0.2, 0) is 42.9 Å². The number of cyclic esters (lactones) is 2. The number of epoxide rings is 1. The SMILES string of the molecule is CC(=O)OC1C(=O)[C@]2(C)[C@H](CC[C@@]3(C)[C@H](c4ccoc4)OC(=O)[C@H]4O[C@]432)[C@@]23COC(=O)C[C@@H]2OC(C)(C)[C@@H]13. The molecule has 10 nitrogen and oxygen atoms in total. The predicted molar refractivity (Wildman–Crippen MR) is 125 cm³/mol. The Balaban J connectivity index is 1.45. The van der Waals surface area contributed by atoms with Crippen molar-refractivity contribution in [1.82, 2.24) is 0 Å². The van der Waals surface area contributed by atoms with E-state index in [0.29, 0.717) is 18.4 Å². The van der Waals surface area contributed by atoms with E-state index in [0.717, 1.165) is 0 Å². The highest BCUT2D eigenvalue weighted by molar-refractivity contribution is 5.97. The van der Waals surface area contributed by atoms with Crippen molar-refractivity contribution in [2.75, 3.05) is 6.61 Å². The Morgan fingerprint density at radius 3 is 2.53 bits per heavy atom. The molecule has 2 spiro atoms. The summed E-state index contributed by atoms with van der Waals surface area (Å²) < 4.78 is 35.7. The molecule has 0 N–H and O–H groups in total. The number of hydrogen-bond acceptors (Lipinski definition) is 10. The number of furan rings is 1. The molecule has 0 aromatic carbocycles. The van der Waals surface area contributed by atoms with Crippen LogP contribution in [0, 0.1) is 28.1 Å². The molecule has 6 aliphatic rings. The maximum Gasteiger partial charge on any atom is 0.339 e. The molecular formula is C28H32O10. The molecule has 38 heavy (non-hydrogen) atoms. The molecule has 1 aromatic rings. The summed E-state index contributed by atoms with van der Waals surface area (Å²) in [7, 11) is 0. The first-order valence-electron chi connectivity index (χ1n) is 13.3. The number of carbonyl (C=O) groups is 4. The predicted octanol–water partition coefficient (Wildman–Crippen LogP) is 2.68. The molecule has 1 unspecified atom stereocenters. The average Bonchev–Trinajstić information content (AvgIpc) is 3.31. The van der Waals surface area contributed by atoms with E-state index in [9.17, 15) is 19.2 Å². The van der Waals surface area contributed by atoms with Gasteiger partial charge in [0.05, 0.1) is 36.1 Å². The Morgan fingerprint density at radius 2 is 1.84 bits per heavy atom. The van der Waals surface area contributed by atoms with Gasteiger partial charge in [-0.15, -0.1) is 0 Å². The van der Waals surface area contributed by atoms with Gasteiger partial charge >= 0.3 is 17.9 Å². The van der Waals surface area contributed by atoms with Gasteiger partial charge in [-0.1, -0.05) is 6.92 Å². The van der Waals surface area contributed by atoms with Crippen LogP contribution in [0.4, 0.5) is 0 Å². The number of esters is 3. The lowest BCUT2D eigenvalue weighted by Gasteiger charge is -2.65. The molecule has 204 valence electrons. The van der Waals surface area contributed by atoms with E-state index in [4.69, 9.17) is 28.1 Å². The fraction of sp³-hybridized carbons (Fsp3) is 0.714. The maximum absolute atomic E-state index is 14.8. The first-order valence-corrected chi connectivity index (χ1v) is 13.3. The van der Waals surface area contributed by atoms with Gasteiger partial charge in [0.1, 0.15) is 18.3 Å². The van der Waals surface area contributed by atoms with Gasteiger partial charge in [0, 0.05) is 29.2 Å². The van der Waals surface area contributed by atoms with Crippen molar-refractivity contribution in [3.63, 3.8) is 0 Å². The van der Waals surface area contributed by atoms with Crippen molar-refractivity contribution in [1.29, 1.82) is 0 Å². The quantitative estimate of drug-likeness (QED) is 0.321. The van der Waals surface area contributed by atoms with Crippen LogP contribution in [-0.4, -0.2) is 59.8 Å². The van der Waals surface area contributed by atoms with Crippen LogP contribution in [0.3, 0.4) is 0 Å². The molecule has 4 saturated heterocycles. The van der Waals surface area contributed by atoms with Gasteiger partial charge in [-0.2, -0.15) is 0 Å². The molecule has 0 amide bonds. The first-order chi connectivity index (χ1) is 17.8. The molecule has 5 heterocycles. The van der Waals surface area contributed by atoms with Gasteiger partial charge in [0.2, 0.25) is 0 Å². The van der Waals surface area contributed by atoms with E-state index >= 15 is 0 Å². The van der Waals surface area contributed by atoms with Crippen LogP contribution in [0.5, 0.6) is 0 Å². The van der Waals surface area contributed by atoms with Crippen molar-refractivity contribution in [2.45, 2.75) is 89.5 Å². The van der Waals surface area contributed by atoms with E-state index in [1.807, 2.05) is 27.7 Å². The number of fused-ring (bicyclic) bond motifs is 1. The van der Waals surface area contributed by atoms with E-state index in [2.05, 4.69) is 0 Å². The lowest BCUT2D eigenvalue weighted by molar-refractivity contribution is -0.240. The van der Waals surface area contributed by atoms with Gasteiger partial charge < -0.3 is 28.1 Å². The second-order valence-electron chi connectivity index (χ2n) is 12.9. The highest BCUT2D eigenvalue weighted by Crippen LogP contribution is 2.79. The summed E-state index contributed by atoms with van der Waals surface area (Å²) in [5.41, 5.74) is -4.21. The second-order valence-corrected chi connectivity index (χ2v) is 12.9. The Bertz CT molecular complexity index is 1270. The lowest BCUT2D eigenvalue weighted by Crippen LogP contribution is -2.76. The van der Waals surface area contributed by atoms with E-state index in [-0.39, 0.29) is 30.7 Å². The number of ketones is 1. The number of hydrogen-bond donors (Lipinski definition) is 0. The van der Waals surface area contributed by atoms with Gasteiger partial charge in [-0.05, 0) is 45.6 Å². The molecule has 10 heteroatoms. The fourth-order valence-electron chi connectivity index (χ4n) is 9.78. The number of ether oxygens (including phenoxy) is 5. The van der Waals surface area contributed by atoms with Crippen molar-refractivity contribution in [2.24, 2.45) is 28.1 Å². The summed E-state index contributed by atoms with van der Waals surface area (Å²) in [5.74, 6) is -2.65. The molecule has 2 saturated carbocycles. The molecule has 10 atom stereocenters. The fourth-order valence-corrected chi connectivity index (χ4v) is 9.78. The van der Waals surface area contributed by atoms with Crippen LogP contribution in [0.25, 0.3) is 0 Å². The maximum atomic E-state index is 14.8. The van der Waals surface area contributed by atoms with Gasteiger partial charge in [0.25, 0.3) is 0 Å². The zero-order valence-electron chi connectivity index (χ0n) is 22.1. The zero-order chi connectivity index (χ0) is 27.0. The zero-order valence-corrected chi connectivity index (χ0v) is 22.1. The number of rotatable bonds is 2. The van der Waals surface area contributed by atoms with Crippen molar-refractivity contribution >= 4 is 23.7 Å². The average molecular weight is 529 g/mol. The standard InChI is InChI=1S/C28H32O10/c1-13(29)35-18-19-24(2,3)37-16-10-17(30)34-12-27(16,19)15-6-8-25(4)21(14-7-9-33-11-14)36-23(32)22-28(25,38-22)26(15,5)20(18)31/h7,9,11,15-16,18-19,21-22H,6,8,10,12H2,1-5H3/t15-,16-,18?,19+,21-,22+,25-,26-,27-,28+/m0/s1. The first kappa shape index (κ1) is 24.3. The topological polar surface area (TPSA) is 131 Å². The molecule has 0 radical (unpaired) electrons. The highest BCUT2D eigenvalue weighted by atomic mass is 16.7. The minimum Gasteiger partial charge on any atom is -0.472 e. The molecule has 6 fully saturated rings. The van der Waals surface area contributed by atoms with Crippen molar-refractivity contribution in [3.05, 3.63) is 24.2 Å². The van der Waals surface area contributed by atoms with Gasteiger partial charge in [-0.25, -0.2) is 4.79 Å². The van der Waals surface area contributed by atoms with Crippen LogP contribution in [0.2, 0.25) is 0 Å². The Kier molecular flexibility index (Phi) is 4.53. The van der Waals surface area contributed by atoms with E-state index in [1.165, 1.54) is 13.2 Å². The summed E-state index contributed by atoms with van der Waals surface area (Å²) in [5, 5.41) is 0. The molecule has 2 aliphatic carbocycles. The second kappa shape index (κ2) is 7.07. The van der Waals surface area contributed by atoms with Crippen LogP contribution in [0.1, 0.15) is 65.5 Å². The largest absolute Gasteiger partial charge is 0.472 e. The summed E-state index contributed by atoms with van der Waals surface area (Å²) in [6.07, 6.45) is 0.994. The molecule has 4 aliphatic heterocycles. The summed E-state index contributed by atoms with van der Waals surface area (Å²) in [6, 6.07) is 1.76. The highest BCUT2D eigenvalue weighted by Gasteiger charge is 2.91. The smallest absolute Gasteiger partial charge is 0.339 e. The van der Waals surface area contributed by atoms with Crippen LogP contribution in [0.15, 0.2) is 23.0 Å². The van der Waals surface area contributed by atoms with E-state index < -0.39 is 69.7 Å². The van der Waals surface area contributed by atoms with E-state index in [1.54, 1.807) is 12.3 Å². The van der Waals surface area contributed by atoms with Crippen molar-refractivity contribution in [3.8, 4) is 0 Å². The summed E-state index contributed by atoms with van der Waals surface area (Å²) in [4.78, 5) is 53.0. The Morgan fingerprint density at radius 1 is 1.08 bits per heavy atom. The van der Waals surface area contributed by atoms with Crippen molar-refractivity contribution < 1.29 is 47.3 Å². The summed E-state index contributed by atoms with van der Waals surface area (Å²) >= 11 is 0. The third-order valence-corrected chi connectivity index (χ3v) is 11.0. The Labute approximate surface area is 219 Å². The lowest BCUT2D eigenvalue weighted by atomic mass is 9.36. The monoisotopic (exact) mass is 528 g/mol. The summed E-state index contributed by atoms with van der Waals surface area (Å²) in [6.45, 7) is 8.93. The minimum atomic E-state index is -1.26. The Hall–Kier alpha value is -2.72. The third kappa shape index (κ3) is 2.48.